The van der Waals surface area contributed by atoms with E-state index in [1.54, 1.807) is 0 Å². The van der Waals surface area contributed by atoms with Crippen LogP contribution in [0, 0.1) is 0 Å². The van der Waals surface area contributed by atoms with Gasteiger partial charge in [-0.3, -0.25) is 4.40 Å². The number of halogens is 3. The van der Waals surface area contributed by atoms with Crippen molar-refractivity contribution in [2.45, 2.75) is 12.8 Å². The molecule has 14 heavy (non-hydrogen) atoms. The number of aliphatic hydroxyl groups excluding tert-OH is 1. The molecule has 0 spiro atoms. The molecule has 2 rings (SSSR count). The van der Waals surface area contributed by atoms with Crippen molar-refractivity contribution in [1.82, 2.24) is 9.38 Å². The maximum absolute atomic E-state index is 12.4. The molecule has 7 heteroatoms. The zero-order valence-corrected chi connectivity index (χ0v) is 7.56. The van der Waals surface area contributed by atoms with Crippen LogP contribution in [0.5, 0.6) is 0 Å². The zero-order chi connectivity index (χ0) is 10.3. The van der Waals surface area contributed by atoms with Crippen LogP contribution in [0.3, 0.4) is 0 Å². The predicted molar refractivity (Wildman–Crippen MR) is 44.0 cm³/mol. The number of aromatic nitrogens is 2. The van der Waals surface area contributed by atoms with E-state index >= 15 is 0 Å². The minimum Gasteiger partial charge on any atom is -0.390 e. The molecule has 76 valence electrons. The first-order valence-electron chi connectivity index (χ1n) is 3.66. The predicted octanol–water partition coefficient (Wildman–Crippen LogP) is 1.91. The van der Waals surface area contributed by atoms with Gasteiger partial charge in [-0.25, -0.2) is 4.98 Å². The molecule has 0 bridgehead atoms. The van der Waals surface area contributed by atoms with Crippen molar-refractivity contribution in [2.75, 3.05) is 0 Å². The first kappa shape index (κ1) is 9.47. The molecule has 0 aromatic carbocycles. The highest BCUT2D eigenvalue weighted by Gasteiger charge is 2.36. The Balaban J connectivity index is 2.70. The lowest BCUT2D eigenvalue weighted by atomic mass is 10.3. The van der Waals surface area contributed by atoms with Crippen LogP contribution in [-0.4, -0.2) is 14.5 Å². The van der Waals surface area contributed by atoms with Gasteiger partial charge >= 0.3 is 6.18 Å². The molecular weight excluding hydrogens is 217 g/mol. The first-order chi connectivity index (χ1) is 6.54. The molecule has 0 aliphatic heterocycles. The Bertz CT molecular complexity index is 459. The highest BCUT2D eigenvalue weighted by molar-refractivity contribution is 7.17. The summed E-state index contributed by atoms with van der Waals surface area (Å²) < 4.78 is 38.5. The fourth-order valence-corrected chi connectivity index (χ4v) is 2.18. The average Bonchev–Trinajstić information content (AvgIpc) is 2.58. The molecule has 2 heterocycles. The highest BCUT2D eigenvalue weighted by Crippen LogP contribution is 2.38. The minimum absolute atomic E-state index is 0.157. The van der Waals surface area contributed by atoms with Gasteiger partial charge < -0.3 is 5.11 Å². The van der Waals surface area contributed by atoms with Crippen molar-refractivity contribution >= 4 is 16.2 Å². The third kappa shape index (κ3) is 1.28. The molecule has 0 atom stereocenters. The van der Waals surface area contributed by atoms with Crippen molar-refractivity contribution in [1.29, 1.82) is 0 Å². The number of imidazole rings is 1. The Hall–Kier alpha value is -1.08. The van der Waals surface area contributed by atoms with Gasteiger partial charge in [-0.1, -0.05) is 0 Å². The molecule has 2 aromatic heterocycles. The van der Waals surface area contributed by atoms with Gasteiger partial charge in [0.15, 0.2) is 0 Å². The molecular formula is C7H5F3N2OS. The summed E-state index contributed by atoms with van der Waals surface area (Å²) in [5, 5.41) is 8.85. The third-order valence-corrected chi connectivity index (χ3v) is 2.95. The maximum Gasteiger partial charge on any atom is 0.427 e. The van der Waals surface area contributed by atoms with E-state index < -0.39 is 17.7 Å². The van der Waals surface area contributed by atoms with Gasteiger partial charge in [0, 0.05) is 0 Å². The van der Waals surface area contributed by atoms with E-state index in [0.717, 1.165) is 0 Å². The number of aliphatic hydroxyl groups is 1. The lowest BCUT2D eigenvalue weighted by Crippen LogP contribution is -2.07. The molecule has 0 aliphatic carbocycles. The Morgan fingerprint density at radius 1 is 1.50 bits per heavy atom. The number of hydrogen-bond donors (Lipinski definition) is 1. The number of thiazole rings is 1. The second-order valence-electron chi connectivity index (χ2n) is 2.64. The van der Waals surface area contributed by atoms with Crippen LogP contribution in [0.2, 0.25) is 0 Å². The largest absolute Gasteiger partial charge is 0.427 e. The summed E-state index contributed by atoms with van der Waals surface area (Å²) in [7, 11) is 0. The van der Waals surface area contributed by atoms with Gasteiger partial charge in [0.1, 0.15) is 16.0 Å². The summed E-state index contributed by atoms with van der Waals surface area (Å²) in [5.41, 5.74) is -0.157. The molecule has 0 aliphatic rings. The second kappa shape index (κ2) is 2.96. The lowest BCUT2D eigenvalue weighted by molar-refractivity contribution is -0.135. The van der Waals surface area contributed by atoms with Crippen molar-refractivity contribution in [3.8, 4) is 0 Å². The Labute approximate surface area is 80.4 Å². The van der Waals surface area contributed by atoms with Gasteiger partial charge in [0.25, 0.3) is 0 Å². The van der Waals surface area contributed by atoms with E-state index in [-0.39, 0.29) is 5.69 Å². The molecule has 3 nitrogen and oxygen atoms in total. The van der Waals surface area contributed by atoms with Gasteiger partial charge in [-0.05, 0) is 0 Å². The first-order valence-corrected chi connectivity index (χ1v) is 4.47. The molecule has 2 aromatic rings. The topological polar surface area (TPSA) is 37.5 Å². The van der Waals surface area contributed by atoms with E-state index in [1.807, 2.05) is 0 Å². The zero-order valence-electron chi connectivity index (χ0n) is 6.75. The van der Waals surface area contributed by atoms with Crippen molar-refractivity contribution in [3.05, 3.63) is 23.1 Å². The van der Waals surface area contributed by atoms with Crippen molar-refractivity contribution < 1.29 is 18.3 Å². The molecule has 0 saturated carbocycles. The lowest BCUT2D eigenvalue weighted by Gasteiger charge is -2.04. The van der Waals surface area contributed by atoms with Crippen molar-refractivity contribution in [2.24, 2.45) is 0 Å². The summed E-state index contributed by atoms with van der Waals surface area (Å²) in [4.78, 5) is 3.30. The van der Waals surface area contributed by atoms with Crippen LogP contribution in [-0.2, 0) is 12.8 Å². The van der Waals surface area contributed by atoms with Gasteiger partial charge in [0.05, 0.1) is 18.5 Å². The SMILES string of the molecule is OCc1c(C(F)(F)F)sc2cncn12. The summed E-state index contributed by atoms with van der Waals surface area (Å²) in [6.07, 6.45) is -1.83. The number of nitrogens with zero attached hydrogens (tertiary/aromatic N) is 2. The number of rotatable bonds is 1. The van der Waals surface area contributed by atoms with Gasteiger partial charge in [0.2, 0.25) is 0 Å². The number of alkyl halides is 3. The molecule has 0 saturated heterocycles. The molecule has 1 N–H and O–H groups in total. The van der Waals surface area contributed by atoms with E-state index in [4.69, 9.17) is 5.11 Å². The minimum atomic E-state index is -4.41. The summed E-state index contributed by atoms with van der Waals surface area (Å²) in [6.45, 7) is -0.648. The standard InChI is InChI=1S/C7H5F3N2OS/c8-7(9,10)6-4(2-13)12-3-11-1-5(12)14-6/h1,3,13H,2H2. The van der Waals surface area contributed by atoms with Gasteiger partial charge in [-0.2, -0.15) is 13.2 Å². The second-order valence-corrected chi connectivity index (χ2v) is 3.67. The quantitative estimate of drug-likeness (QED) is 0.800. The normalized spacial score (nSPS) is 12.6. The summed E-state index contributed by atoms with van der Waals surface area (Å²) in [6, 6.07) is 0. The monoisotopic (exact) mass is 222 g/mol. The third-order valence-electron chi connectivity index (χ3n) is 1.77. The van der Waals surface area contributed by atoms with Crippen LogP contribution in [0.25, 0.3) is 4.83 Å². The van der Waals surface area contributed by atoms with Crippen LogP contribution < -0.4 is 0 Å². The van der Waals surface area contributed by atoms with E-state index in [9.17, 15) is 13.2 Å². The average molecular weight is 222 g/mol. The van der Waals surface area contributed by atoms with Crippen molar-refractivity contribution in [3.63, 3.8) is 0 Å². The smallest absolute Gasteiger partial charge is 0.390 e. The van der Waals surface area contributed by atoms with E-state index in [1.165, 1.54) is 16.9 Å². The Morgan fingerprint density at radius 2 is 2.21 bits per heavy atom. The summed E-state index contributed by atoms with van der Waals surface area (Å²) >= 11 is 0.578. The number of fused-ring (bicyclic) bond motifs is 1. The molecule has 0 fully saturated rings. The molecule has 0 unspecified atom stereocenters. The molecule has 0 amide bonds. The van der Waals surface area contributed by atoms with Crippen LogP contribution >= 0.6 is 11.3 Å². The fourth-order valence-electron chi connectivity index (χ4n) is 1.20. The van der Waals surface area contributed by atoms with Crippen LogP contribution in [0.1, 0.15) is 10.6 Å². The highest BCUT2D eigenvalue weighted by atomic mass is 32.1. The van der Waals surface area contributed by atoms with Gasteiger partial charge in [-0.15, -0.1) is 11.3 Å². The Kier molecular flexibility index (Phi) is 2.00. The molecule has 0 radical (unpaired) electrons. The van der Waals surface area contributed by atoms with E-state index in [2.05, 4.69) is 4.98 Å². The van der Waals surface area contributed by atoms with Crippen LogP contribution in [0.15, 0.2) is 12.5 Å². The fraction of sp³-hybridized carbons (Fsp3) is 0.286. The maximum atomic E-state index is 12.4. The Morgan fingerprint density at radius 3 is 2.79 bits per heavy atom. The number of hydrogen-bond acceptors (Lipinski definition) is 3. The summed E-state index contributed by atoms with van der Waals surface area (Å²) in [5.74, 6) is 0. The van der Waals surface area contributed by atoms with E-state index in [0.29, 0.717) is 16.2 Å². The van der Waals surface area contributed by atoms with Crippen LogP contribution in [0.4, 0.5) is 13.2 Å².